The number of quaternary nitrogens is 2. The van der Waals surface area contributed by atoms with Crippen LogP contribution in [0.5, 0.6) is 0 Å². The first-order valence-electron chi connectivity index (χ1n) is 19.0. The van der Waals surface area contributed by atoms with Crippen molar-refractivity contribution >= 4 is 67.5 Å². The number of carbonyl (C=O) groups is 4. The molecule has 12 heteroatoms. The van der Waals surface area contributed by atoms with Crippen LogP contribution >= 0.6 is 21.6 Å². The van der Waals surface area contributed by atoms with Crippen molar-refractivity contribution in [2.45, 2.75) is 12.8 Å². The number of hydrogen-bond donors (Lipinski definition) is 5. The number of benzene rings is 4. The molecule has 1 atom stereocenters. The molecule has 0 amide bonds. The maximum absolute atomic E-state index is 13.5. The Balaban J connectivity index is 0.878. The van der Waals surface area contributed by atoms with E-state index in [4.69, 9.17) is 0 Å². The molecule has 0 spiro atoms. The Hall–Kier alpha value is -4.62. The molecule has 0 fully saturated rings. The fourth-order valence-corrected chi connectivity index (χ4v) is 9.77. The third-order valence-electron chi connectivity index (χ3n) is 10.5. The maximum atomic E-state index is 13.5. The first-order valence-corrected chi connectivity index (χ1v) is 21.5. The van der Waals surface area contributed by atoms with Crippen molar-refractivity contribution in [2.24, 2.45) is 0 Å². The second kappa shape index (κ2) is 17.9. The van der Waals surface area contributed by atoms with Crippen LogP contribution in [0.2, 0.25) is 0 Å². The van der Waals surface area contributed by atoms with Crippen LogP contribution < -0.4 is 26.2 Å². The predicted molar refractivity (Wildman–Crippen MR) is 228 cm³/mol. The van der Waals surface area contributed by atoms with Crippen LogP contribution in [0.15, 0.2) is 72.8 Å². The molecule has 288 valence electrons. The van der Waals surface area contributed by atoms with Gasteiger partial charge in [-0.3, -0.25) is 19.2 Å². The Labute approximate surface area is 332 Å². The van der Waals surface area contributed by atoms with Gasteiger partial charge in [-0.1, -0.05) is 70.1 Å². The summed E-state index contributed by atoms with van der Waals surface area (Å²) in [5, 5.41) is 13.1. The van der Waals surface area contributed by atoms with Gasteiger partial charge in [-0.15, -0.1) is 0 Å². The van der Waals surface area contributed by atoms with E-state index in [2.05, 4.69) is 42.4 Å². The lowest BCUT2D eigenvalue weighted by molar-refractivity contribution is -0.887. The van der Waals surface area contributed by atoms with Crippen LogP contribution in [0, 0.1) is 0 Å². The van der Waals surface area contributed by atoms with E-state index < -0.39 is 0 Å². The second-order valence-corrected chi connectivity index (χ2v) is 17.5. The summed E-state index contributed by atoms with van der Waals surface area (Å²) in [4.78, 5) is 55.2. The zero-order valence-electron chi connectivity index (χ0n) is 32.4. The Bertz CT molecular complexity index is 2100. The number of nitrogens with one attached hydrogen (secondary N) is 5. The normalized spacial score (nSPS) is 13.8. The molecule has 0 aromatic heterocycles. The molecule has 2 aliphatic rings. The zero-order valence-corrected chi connectivity index (χ0v) is 34.0. The molecular weight excluding hydrogens is 729 g/mol. The van der Waals surface area contributed by atoms with Crippen molar-refractivity contribution in [2.75, 3.05) is 107 Å². The molecule has 1 unspecified atom stereocenters. The van der Waals surface area contributed by atoms with E-state index in [1.807, 2.05) is 45.9 Å². The van der Waals surface area contributed by atoms with Gasteiger partial charge >= 0.3 is 0 Å². The van der Waals surface area contributed by atoms with Crippen LogP contribution in [0.1, 0.15) is 76.5 Å². The van der Waals surface area contributed by atoms with Gasteiger partial charge in [0.05, 0.1) is 81.1 Å². The number of fused-ring (bicyclic) bond motifs is 4. The monoisotopic (exact) mass is 780 g/mol. The number of anilines is 4. The molecule has 55 heavy (non-hydrogen) atoms. The first-order chi connectivity index (χ1) is 26.6. The average molecular weight is 781 g/mol. The summed E-state index contributed by atoms with van der Waals surface area (Å²) in [7, 11) is 14.1. The Morgan fingerprint density at radius 3 is 1.38 bits per heavy atom. The summed E-state index contributed by atoms with van der Waals surface area (Å²) in [6, 6.07) is 21.7. The third-order valence-corrected chi connectivity index (χ3v) is 12.9. The average Bonchev–Trinajstić information content (AvgIpc) is 3.20. The molecule has 0 saturated heterocycles. The maximum Gasteiger partial charge on any atom is 0.196 e. The number of hydrogen-bond acceptors (Lipinski definition) is 10. The van der Waals surface area contributed by atoms with Crippen LogP contribution in [0.4, 0.5) is 22.7 Å². The van der Waals surface area contributed by atoms with E-state index >= 15 is 0 Å². The summed E-state index contributed by atoms with van der Waals surface area (Å²) in [6.07, 6.45) is 1.87. The van der Waals surface area contributed by atoms with Crippen molar-refractivity contribution in [1.82, 2.24) is 0 Å². The zero-order chi connectivity index (χ0) is 39.1. The van der Waals surface area contributed by atoms with Gasteiger partial charge < -0.3 is 30.7 Å². The molecule has 0 radical (unpaired) electrons. The minimum atomic E-state index is -0.121. The SMILES string of the molecule is CNc1ccc(NCCC[NH+](C)CCSSCC[N+](C)(C)CCCNc2ccc(NC)c3c2C(=O)c2ccccc2C3=O)c2c1C(=O)c1ccccc1C2=O. The Morgan fingerprint density at radius 1 is 0.527 bits per heavy atom. The highest BCUT2D eigenvalue weighted by molar-refractivity contribution is 8.76. The van der Waals surface area contributed by atoms with Gasteiger partial charge in [0.1, 0.15) is 0 Å². The van der Waals surface area contributed by atoms with Gasteiger partial charge in [0.2, 0.25) is 0 Å². The van der Waals surface area contributed by atoms with Crippen molar-refractivity contribution < 1.29 is 28.6 Å². The lowest BCUT2D eigenvalue weighted by Gasteiger charge is -2.30. The number of rotatable bonds is 19. The summed E-state index contributed by atoms with van der Waals surface area (Å²) in [5.41, 5.74) is 6.40. The summed E-state index contributed by atoms with van der Waals surface area (Å²) in [6.45, 7) is 5.54. The van der Waals surface area contributed by atoms with Crippen molar-refractivity contribution in [3.8, 4) is 0 Å². The smallest absolute Gasteiger partial charge is 0.196 e. The van der Waals surface area contributed by atoms with Crippen LogP contribution in [-0.2, 0) is 0 Å². The fraction of sp³-hybridized carbons (Fsp3) is 0.349. The first kappa shape index (κ1) is 40.1. The highest BCUT2D eigenvalue weighted by Gasteiger charge is 2.35. The van der Waals surface area contributed by atoms with E-state index in [-0.39, 0.29) is 23.1 Å². The molecule has 0 bridgehead atoms. The second-order valence-electron chi connectivity index (χ2n) is 14.8. The van der Waals surface area contributed by atoms with Gasteiger partial charge in [0.15, 0.2) is 23.1 Å². The quantitative estimate of drug-likeness (QED) is 0.0404. The van der Waals surface area contributed by atoms with E-state index in [0.717, 1.165) is 55.0 Å². The standard InChI is InChI=1S/C43H50N6O4S2/c1-44-32-16-18-34(38-36(32)40(50)28-12-6-8-14-30(28)42(38)52)46-20-10-22-48(3)23-26-54-55-27-25-49(4,5)24-11-21-47-35-19-17-33(45-2)37-39(35)43(53)31-15-9-7-13-29(31)41(37)51/h6-9,12-19H,10-11,20-27H2,1-5H3,(H3-,44,45,46,47,50,51,52,53)/p+2. The molecule has 4 aromatic rings. The molecule has 4 aromatic carbocycles. The number of nitrogens with zero attached hydrogens (tertiary/aromatic N) is 1. The van der Waals surface area contributed by atoms with Gasteiger partial charge in [0.25, 0.3) is 0 Å². The van der Waals surface area contributed by atoms with E-state index in [1.165, 1.54) is 4.90 Å². The fourth-order valence-electron chi connectivity index (χ4n) is 7.36. The lowest BCUT2D eigenvalue weighted by Crippen LogP contribution is -3.09. The van der Waals surface area contributed by atoms with Gasteiger partial charge in [0, 0.05) is 85.0 Å². The Morgan fingerprint density at radius 2 is 0.927 bits per heavy atom. The van der Waals surface area contributed by atoms with E-state index in [9.17, 15) is 19.2 Å². The molecule has 0 heterocycles. The third kappa shape index (κ3) is 8.78. The highest BCUT2D eigenvalue weighted by atomic mass is 33.1. The molecule has 6 rings (SSSR count). The predicted octanol–water partition coefficient (Wildman–Crippen LogP) is 5.60. The van der Waals surface area contributed by atoms with Crippen molar-refractivity contribution in [1.29, 1.82) is 0 Å². The highest BCUT2D eigenvalue weighted by Crippen LogP contribution is 2.38. The Kier molecular flexibility index (Phi) is 13.0. The van der Waals surface area contributed by atoms with Gasteiger partial charge in [-0.25, -0.2) is 0 Å². The van der Waals surface area contributed by atoms with E-state index in [1.54, 1.807) is 62.6 Å². The minimum absolute atomic E-state index is 0.115. The van der Waals surface area contributed by atoms with Crippen LogP contribution in [0.3, 0.4) is 0 Å². The van der Waals surface area contributed by atoms with Crippen molar-refractivity contribution in [3.63, 3.8) is 0 Å². The lowest BCUT2D eigenvalue weighted by atomic mass is 9.82. The largest absolute Gasteiger partial charge is 0.388 e. The summed E-state index contributed by atoms with van der Waals surface area (Å²) in [5.74, 6) is 1.66. The molecule has 0 aliphatic heterocycles. The molecule has 0 saturated carbocycles. The molecule has 10 nitrogen and oxygen atoms in total. The molecule has 5 N–H and O–H groups in total. The number of carbonyl (C=O) groups excluding carboxylic acids is 4. The van der Waals surface area contributed by atoms with Gasteiger partial charge in [-0.2, -0.15) is 0 Å². The minimum Gasteiger partial charge on any atom is -0.388 e. The van der Waals surface area contributed by atoms with Crippen LogP contribution in [-0.4, -0.2) is 114 Å². The van der Waals surface area contributed by atoms with Crippen LogP contribution in [0.25, 0.3) is 0 Å². The van der Waals surface area contributed by atoms with Crippen molar-refractivity contribution in [3.05, 3.63) is 117 Å². The summed E-state index contributed by atoms with van der Waals surface area (Å²) >= 11 is 0. The topological polar surface area (TPSA) is 121 Å². The number of ketones is 4. The summed E-state index contributed by atoms with van der Waals surface area (Å²) < 4.78 is 0.905. The van der Waals surface area contributed by atoms with Gasteiger partial charge in [-0.05, 0) is 24.3 Å². The molecular formula is C43H52N6O4S2+2. The van der Waals surface area contributed by atoms with E-state index in [0.29, 0.717) is 80.3 Å². The molecule has 2 aliphatic carbocycles.